The van der Waals surface area contributed by atoms with Crippen LogP contribution in [0.1, 0.15) is 73.1 Å². The van der Waals surface area contributed by atoms with Crippen LogP contribution in [0.15, 0.2) is 24.3 Å². The van der Waals surface area contributed by atoms with Crippen LogP contribution in [0.5, 0.6) is 0 Å². The molecule has 0 aromatic heterocycles. The maximum atomic E-state index is 12.8. The zero-order valence-corrected chi connectivity index (χ0v) is 16.8. The predicted molar refractivity (Wildman–Crippen MR) is 106 cm³/mol. The van der Waals surface area contributed by atoms with Crippen molar-refractivity contribution in [3.05, 3.63) is 35.4 Å². The monoisotopic (exact) mass is 386 g/mol. The minimum atomic E-state index is -0.813. The average Bonchev–Trinajstić information content (AvgIpc) is 2.94. The smallest absolute Gasteiger partial charge is 0.262 e. The summed E-state index contributed by atoms with van der Waals surface area (Å²) >= 11 is 0. The van der Waals surface area contributed by atoms with Gasteiger partial charge in [-0.1, -0.05) is 45.2 Å². The third-order valence-electron chi connectivity index (χ3n) is 5.53. The van der Waals surface area contributed by atoms with Crippen molar-refractivity contribution in [2.24, 2.45) is 5.92 Å². The summed E-state index contributed by atoms with van der Waals surface area (Å²) in [6.07, 6.45) is 7.09. The standard InChI is InChI=1S/C22H30N2O4/c1-15(2)19(24-21(26)17-11-6-7-12-18(17)22(24)27)20(25)23-13-8-14-28-16-9-4-3-5-10-16/h6-7,11-12,15-16,19H,3-5,8-10,13-14H2,1-2H3,(H,23,25). The largest absolute Gasteiger partial charge is 0.378 e. The number of carbonyl (C=O) groups excluding carboxylic acids is 3. The van der Waals surface area contributed by atoms with Gasteiger partial charge in [-0.05, 0) is 37.3 Å². The second kappa shape index (κ2) is 9.32. The molecule has 1 aliphatic carbocycles. The predicted octanol–water partition coefficient (Wildman–Crippen LogP) is 3.16. The fourth-order valence-corrected chi connectivity index (χ4v) is 4.05. The molecule has 1 atom stereocenters. The van der Waals surface area contributed by atoms with E-state index in [1.54, 1.807) is 24.3 Å². The van der Waals surface area contributed by atoms with E-state index in [0.29, 0.717) is 30.4 Å². The van der Waals surface area contributed by atoms with E-state index < -0.39 is 17.9 Å². The van der Waals surface area contributed by atoms with E-state index in [1.807, 2.05) is 13.8 Å². The summed E-state index contributed by atoms with van der Waals surface area (Å²) in [4.78, 5) is 39.3. The van der Waals surface area contributed by atoms with Crippen LogP contribution in [-0.4, -0.2) is 47.9 Å². The quantitative estimate of drug-likeness (QED) is 0.550. The second-order valence-corrected chi connectivity index (χ2v) is 7.99. The van der Waals surface area contributed by atoms with Gasteiger partial charge in [-0.2, -0.15) is 0 Å². The molecular formula is C22H30N2O4. The zero-order chi connectivity index (χ0) is 20.1. The number of carbonyl (C=O) groups is 3. The molecule has 28 heavy (non-hydrogen) atoms. The Bertz CT molecular complexity index is 690. The second-order valence-electron chi connectivity index (χ2n) is 7.99. The highest BCUT2D eigenvalue weighted by molar-refractivity contribution is 6.22. The number of amides is 3. The Morgan fingerprint density at radius 3 is 2.29 bits per heavy atom. The number of benzene rings is 1. The van der Waals surface area contributed by atoms with Gasteiger partial charge in [0.2, 0.25) is 5.91 Å². The Morgan fingerprint density at radius 2 is 1.71 bits per heavy atom. The molecule has 0 spiro atoms. The zero-order valence-electron chi connectivity index (χ0n) is 16.8. The first kappa shape index (κ1) is 20.5. The molecule has 1 N–H and O–H groups in total. The number of ether oxygens (including phenoxy) is 1. The van der Waals surface area contributed by atoms with E-state index in [2.05, 4.69) is 5.32 Å². The highest BCUT2D eigenvalue weighted by Crippen LogP contribution is 2.27. The van der Waals surface area contributed by atoms with Gasteiger partial charge in [0.15, 0.2) is 0 Å². The Hall–Kier alpha value is -2.21. The Labute approximate surface area is 166 Å². The molecule has 2 aliphatic rings. The van der Waals surface area contributed by atoms with Crippen molar-refractivity contribution in [2.45, 2.75) is 64.5 Å². The van der Waals surface area contributed by atoms with Gasteiger partial charge in [-0.15, -0.1) is 0 Å². The van der Waals surface area contributed by atoms with Crippen molar-refractivity contribution in [3.63, 3.8) is 0 Å². The molecule has 3 rings (SSSR count). The van der Waals surface area contributed by atoms with Gasteiger partial charge >= 0.3 is 0 Å². The number of imide groups is 1. The third kappa shape index (κ3) is 4.43. The summed E-state index contributed by atoms with van der Waals surface area (Å²) in [5.41, 5.74) is 0.735. The Balaban J connectivity index is 1.53. The maximum absolute atomic E-state index is 12.8. The molecule has 6 heteroatoms. The van der Waals surface area contributed by atoms with Gasteiger partial charge in [0.1, 0.15) is 6.04 Å². The normalized spacial score (nSPS) is 18.5. The van der Waals surface area contributed by atoms with Crippen LogP contribution in [0, 0.1) is 5.92 Å². The Kier molecular flexibility index (Phi) is 6.83. The van der Waals surface area contributed by atoms with Crippen molar-refractivity contribution < 1.29 is 19.1 Å². The van der Waals surface area contributed by atoms with Crippen LogP contribution in [0.2, 0.25) is 0 Å². The Morgan fingerprint density at radius 1 is 1.11 bits per heavy atom. The summed E-state index contributed by atoms with van der Waals surface area (Å²) in [5.74, 6) is -1.26. The van der Waals surface area contributed by atoms with Crippen LogP contribution in [0.4, 0.5) is 0 Å². The van der Waals surface area contributed by atoms with E-state index in [9.17, 15) is 14.4 Å². The van der Waals surface area contributed by atoms with Crippen LogP contribution in [0.3, 0.4) is 0 Å². The summed E-state index contributed by atoms with van der Waals surface area (Å²) < 4.78 is 5.88. The first-order chi connectivity index (χ1) is 13.5. The minimum absolute atomic E-state index is 0.180. The van der Waals surface area contributed by atoms with Gasteiger partial charge in [-0.25, -0.2) is 0 Å². The lowest BCUT2D eigenvalue weighted by atomic mass is 9.98. The number of nitrogens with one attached hydrogen (secondary N) is 1. The van der Waals surface area contributed by atoms with Crippen LogP contribution >= 0.6 is 0 Å². The summed E-state index contributed by atoms with van der Waals surface area (Å²) in [5, 5.41) is 2.88. The summed E-state index contributed by atoms with van der Waals surface area (Å²) in [6, 6.07) is 5.90. The number of nitrogens with zero attached hydrogens (tertiary/aromatic N) is 1. The number of hydrogen-bond donors (Lipinski definition) is 1. The molecule has 1 aromatic rings. The van der Waals surface area contributed by atoms with Gasteiger partial charge in [-0.3, -0.25) is 19.3 Å². The van der Waals surface area contributed by atoms with Crippen LogP contribution in [0.25, 0.3) is 0 Å². The fourth-order valence-electron chi connectivity index (χ4n) is 4.05. The lowest BCUT2D eigenvalue weighted by molar-refractivity contribution is -0.126. The van der Waals surface area contributed by atoms with Gasteiger partial charge in [0.05, 0.1) is 17.2 Å². The molecular weight excluding hydrogens is 356 g/mol. The van der Waals surface area contributed by atoms with Crippen LogP contribution in [-0.2, 0) is 9.53 Å². The number of rotatable bonds is 8. The molecule has 3 amide bonds. The molecule has 152 valence electrons. The molecule has 1 fully saturated rings. The topological polar surface area (TPSA) is 75.7 Å². The van der Waals surface area contributed by atoms with Crippen molar-refractivity contribution in [1.29, 1.82) is 0 Å². The highest BCUT2D eigenvalue weighted by atomic mass is 16.5. The van der Waals surface area contributed by atoms with Crippen molar-refractivity contribution in [1.82, 2.24) is 10.2 Å². The van der Waals surface area contributed by atoms with Crippen molar-refractivity contribution in [3.8, 4) is 0 Å². The summed E-state index contributed by atoms with van der Waals surface area (Å²) in [6.45, 7) is 4.78. The van der Waals surface area contributed by atoms with Gasteiger partial charge in [0.25, 0.3) is 11.8 Å². The highest BCUT2D eigenvalue weighted by Gasteiger charge is 2.43. The first-order valence-corrected chi connectivity index (χ1v) is 10.4. The lowest BCUT2D eigenvalue weighted by Gasteiger charge is -2.28. The molecule has 6 nitrogen and oxygen atoms in total. The summed E-state index contributed by atoms with van der Waals surface area (Å²) in [7, 11) is 0. The van der Waals surface area contributed by atoms with E-state index in [4.69, 9.17) is 4.74 Å². The molecule has 0 radical (unpaired) electrons. The van der Waals surface area contributed by atoms with Crippen LogP contribution < -0.4 is 5.32 Å². The van der Waals surface area contributed by atoms with E-state index >= 15 is 0 Å². The molecule has 1 saturated carbocycles. The maximum Gasteiger partial charge on any atom is 0.262 e. The molecule has 0 saturated heterocycles. The lowest BCUT2D eigenvalue weighted by Crippen LogP contribution is -2.52. The first-order valence-electron chi connectivity index (χ1n) is 10.4. The van der Waals surface area contributed by atoms with Crippen molar-refractivity contribution >= 4 is 17.7 Å². The average molecular weight is 386 g/mol. The molecule has 1 aromatic carbocycles. The van der Waals surface area contributed by atoms with E-state index in [0.717, 1.165) is 24.2 Å². The van der Waals surface area contributed by atoms with Gasteiger partial charge in [0, 0.05) is 13.2 Å². The van der Waals surface area contributed by atoms with E-state index in [-0.39, 0.29) is 11.8 Å². The number of fused-ring (bicyclic) bond motifs is 1. The number of hydrogen-bond acceptors (Lipinski definition) is 4. The van der Waals surface area contributed by atoms with Crippen molar-refractivity contribution in [2.75, 3.05) is 13.2 Å². The fraction of sp³-hybridized carbons (Fsp3) is 0.591. The SMILES string of the molecule is CC(C)C(C(=O)NCCCOC1CCCCC1)N1C(=O)c2ccccc2C1=O. The third-order valence-corrected chi connectivity index (χ3v) is 5.53. The van der Waals surface area contributed by atoms with E-state index in [1.165, 1.54) is 19.3 Å². The molecule has 0 bridgehead atoms. The molecule has 1 heterocycles. The molecule has 1 aliphatic heterocycles. The minimum Gasteiger partial charge on any atom is -0.378 e. The molecule has 1 unspecified atom stereocenters. The van der Waals surface area contributed by atoms with Gasteiger partial charge < -0.3 is 10.1 Å².